The summed E-state index contributed by atoms with van der Waals surface area (Å²) in [4.78, 5) is 0. The van der Waals surface area contributed by atoms with E-state index < -0.39 is 31.6 Å². The average molecular weight is 222 g/mol. The predicted molar refractivity (Wildman–Crippen MR) is 36.1 cm³/mol. The van der Waals surface area contributed by atoms with E-state index in [9.17, 15) is 16.8 Å². The second-order valence-electron chi connectivity index (χ2n) is 1.44. The van der Waals surface area contributed by atoms with Crippen molar-refractivity contribution in [2.45, 2.75) is 0 Å². The summed E-state index contributed by atoms with van der Waals surface area (Å²) in [7, 11) is -8.44. The van der Waals surface area contributed by atoms with Gasteiger partial charge in [0.15, 0.2) is 4.70 Å². The minimum absolute atomic E-state index is 0.0542. The number of rotatable bonds is 0. The van der Waals surface area contributed by atoms with Gasteiger partial charge in [-0.2, -0.15) is 16.3 Å². The maximum absolute atomic E-state index is 10.5. The lowest BCUT2D eigenvalue weighted by Crippen LogP contribution is -2.24. The molecule has 0 aliphatic carbocycles. The van der Waals surface area contributed by atoms with Gasteiger partial charge in [-0.3, -0.25) is 4.55 Å². The lowest BCUT2D eigenvalue weighted by Gasteiger charge is -2.07. The van der Waals surface area contributed by atoms with Crippen LogP contribution in [0.4, 0.5) is 0 Å². The van der Waals surface area contributed by atoms with Gasteiger partial charge in [0.25, 0.3) is 0 Å². The monoisotopic (exact) mass is 222 g/mol. The minimum Gasteiger partial charge on any atom is -0.292 e. The summed E-state index contributed by atoms with van der Waals surface area (Å²) >= 11 is -2.72. The topological polar surface area (TPSA) is 107 Å². The first-order chi connectivity index (χ1) is 4.81. The van der Waals surface area contributed by atoms with Crippen LogP contribution in [-0.2, 0) is 38.8 Å². The van der Waals surface area contributed by atoms with E-state index in [4.69, 9.17) is 4.55 Å². The quantitative estimate of drug-likeness (QED) is 0.490. The van der Waals surface area contributed by atoms with Gasteiger partial charge >= 0.3 is 21.5 Å². The van der Waals surface area contributed by atoms with E-state index in [2.05, 4.69) is 7.26 Å². The summed E-state index contributed by atoms with van der Waals surface area (Å²) in [6.07, 6.45) is 0. The highest BCUT2D eigenvalue weighted by Gasteiger charge is 2.27. The van der Waals surface area contributed by atoms with Gasteiger partial charge in [0.05, 0.1) is 0 Å². The molecule has 0 radical (unpaired) electrons. The van der Waals surface area contributed by atoms with Crippen molar-refractivity contribution in [3.05, 3.63) is 0 Å². The van der Waals surface area contributed by atoms with Gasteiger partial charge in [0, 0.05) is 0 Å². The van der Waals surface area contributed by atoms with Crippen LogP contribution in [0.15, 0.2) is 0 Å². The normalized spacial score (nSPS) is 42.8. The lowest BCUT2D eigenvalue weighted by molar-refractivity contribution is 0.420. The molecule has 11 heavy (non-hydrogen) atoms. The highest BCUT2D eigenvalue weighted by Crippen LogP contribution is 2.08. The fraction of sp³-hybridized carbons (Fsp3) is 0. The largest absolute Gasteiger partial charge is 0.335 e. The van der Waals surface area contributed by atoms with E-state index in [1.165, 1.54) is 0 Å². The molecule has 66 valence electrons. The zero-order chi connectivity index (χ0) is 8.70. The van der Waals surface area contributed by atoms with E-state index >= 15 is 0 Å². The summed E-state index contributed by atoms with van der Waals surface area (Å²) < 4.78 is 57.2. The van der Waals surface area contributed by atoms with E-state index in [1.807, 2.05) is 0 Å². The maximum atomic E-state index is 10.5. The van der Waals surface area contributed by atoms with E-state index in [1.54, 1.807) is 0 Å². The Hall–Kier alpha value is -0.0000000000000000971. The van der Waals surface area contributed by atoms with Crippen LogP contribution in [-0.4, -0.2) is 26.1 Å². The molecule has 10 heteroatoms. The summed E-state index contributed by atoms with van der Waals surface area (Å²) in [5.74, 6) is 0. The van der Waals surface area contributed by atoms with Gasteiger partial charge in [0.1, 0.15) is 0 Å². The Morgan fingerprint density at radius 2 is 1.82 bits per heavy atom. The molecule has 1 rings (SSSR count). The number of hydrogen-bond donors (Lipinski definition) is 1. The summed E-state index contributed by atoms with van der Waals surface area (Å²) in [5, 5.41) is 0. The van der Waals surface area contributed by atoms with E-state index in [0.29, 0.717) is 0 Å². The molecule has 0 aromatic carbocycles. The minimum atomic E-state index is -4.32. The summed E-state index contributed by atoms with van der Waals surface area (Å²) in [6.45, 7) is 0. The Morgan fingerprint density at radius 1 is 1.27 bits per heavy atom. The maximum Gasteiger partial charge on any atom is 0.335 e. The first-order valence-corrected chi connectivity index (χ1v) is 5.96. The molecule has 1 aliphatic rings. The molecule has 1 N–H and O–H groups in total. The highest BCUT2D eigenvalue weighted by atomic mass is 32.3. The van der Waals surface area contributed by atoms with Crippen molar-refractivity contribution in [1.82, 2.24) is 0 Å². The molecule has 0 amide bonds. The second kappa shape index (κ2) is 2.50. The molecule has 0 aromatic rings. The van der Waals surface area contributed by atoms with Crippen LogP contribution in [0.1, 0.15) is 0 Å². The van der Waals surface area contributed by atoms with Crippen molar-refractivity contribution in [2.75, 3.05) is 0 Å². The van der Waals surface area contributed by atoms with Crippen molar-refractivity contribution in [2.24, 2.45) is 0 Å². The van der Waals surface area contributed by atoms with Gasteiger partial charge in [-0.05, 0) is 0 Å². The number of hydrogen-bond acceptors (Lipinski definition) is 6. The smallest absolute Gasteiger partial charge is 0.292 e. The third-order valence-corrected chi connectivity index (χ3v) is 4.89. The Morgan fingerprint density at radius 3 is 2.18 bits per heavy atom. The van der Waals surface area contributed by atoms with Crippen molar-refractivity contribution < 1.29 is 28.6 Å². The summed E-state index contributed by atoms with van der Waals surface area (Å²) in [5.41, 5.74) is 0. The van der Waals surface area contributed by atoms with Crippen molar-refractivity contribution in [3.8, 4) is 0 Å². The molecule has 1 aliphatic heterocycles. The van der Waals surface area contributed by atoms with Crippen molar-refractivity contribution >= 4 is 36.3 Å². The van der Waals surface area contributed by atoms with Gasteiger partial charge in [-0.1, -0.05) is 0 Å². The fourth-order valence-corrected chi connectivity index (χ4v) is 3.93. The molecule has 0 fully saturated rings. The van der Waals surface area contributed by atoms with Crippen LogP contribution in [0, 0.1) is 0 Å². The van der Waals surface area contributed by atoms with Gasteiger partial charge < -0.3 is 0 Å². The Kier molecular flexibility index (Phi) is 2.07. The van der Waals surface area contributed by atoms with Gasteiger partial charge in [-0.15, -0.1) is 3.63 Å². The molecule has 0 aromatic heterocycles. The van der Waals surface area contributed by atoms with Crippen molar-refractivity contribution in [3.63, 3.8) is 0 Å². The first-order valence-electron chi connectivity index (χ1n) is 1.99. The highest BCUT2D eigenvalue weighted by molar-refractivity contribution is 8.21. The van der Waals surface area contributed by atoms with Crippen LogP contribution in [0.2, 0.25) is 0 Å². The molecule has 0 spiro atoms. The Bertz CT molecular complexity index is 391. The third-order valence-electron chi connectivity index (χ3n) is 0.543. The van der Waals surface area contributed by atoms with Crippen LogP contribution in [0.3, 0.4) is 0 Å². The predicted octanol–water partition coefficient (Wildman–Crippen LogP) is -1.63. The molecular formula is CH2O7S3. The van der Waals surface area contributed by atoms with E-state index in [-0.39, 0.29) is 4.70 Å². The van der Waals surface area contributed by atoms with Gasteiger partial charge in [0.2, 0.25) is 10.1 Å². The zero-order valence-corrected chi connectivity index (χ0v) is 7.15. The second-order valence-corrected chi connectivity index (χ2v) is 5.73. The molecule has 0 bridgehead atoms. The van der Waals surface area contributed by atoms with Crippen molar-refractivity contribution in [1.29, 1.82) is 0 Å². The average Bonchev–Trinajstić information content (AvgIpc) is 1.49. The molecule has 1 heterocycles. The first kappa shape index (κ1) is 9.09. The van der Waals surface area contributed by atoms with Gasteiger partial charge in [-0.25, -0.2) is 4.21 Å². The summed E-state index contributed by atoms with van der Waals surface area (Å²) in [6, 6.07) is 0. The Labute approximate surface area is 65.3 Å². The molecule has 2 atom stereocenters. The zero-order valence-electron chi connectivity index (χ0n) is 4.70. The van der Waals surface area contributed by atoms with Crippen LogP contribution >= 0.6 is 0 Å². The molecule has 0 saturated heterocycles. The van der Waals surface area contributed by atoms with Crippen LogP contribution in [0.25, 0.3) is 0 Å². The molecule has 7 nitrogen and oxygen atoms in total. The third kappa shape index (κ3) is 2.50. The standard InChI is InChI=1S/CH2O7S3/c2-9-7-10(3,4)1-11(5,6)8-9/h1H,(H,3,4). The lowest BCUT2D eigenvalue weighted by atomic mass is 11.9. The SMILES string of the molecule is O=S1OS(=O)(=O)C=S(=O)(O)O1. The molecule has 0 saturated carbocycles. The fourth-order valence-electron chi connectivity index (χ4n) is 0.349. The van der Waals surface area contributed by atoms with E-state index in [0.717, 1.165) is 0 Å². The van der Waals surface area contributed by atoms with Crippen LogP contribution in [0.5, 0.6) is 0 Å². The van der Waals surface area contributed by atoms with Crippen LogP contribution < -0.4 is 0 Å². The molecule has 2 unspecified atom stereocenters. The Balaban J connectivity index is 3.35. The molecular weight excluding hydrogens is 220 g/mol.